The van der Waals surface area contributed by atoms with E-state index in [9.17, 15) is 0 Å². The van der Waals surface area contributed by atoms with Crippen LogP contribution in [-0.4, -0.2) is 0 Å². The third-order valence-corrected chi connectivity index (χ3v) is 10.2. The van der Waals surface area contributed by atoms with Gasteiger partial charge in [-0.15, -0.1) is 0 Å². The van der Waals surface area contributed by atoms with Crippen molar-refractivity contribution in [2.24, 2.45) is 40.9 Å². The van der Waals surface area contributed by atoms with Gasteiger partial charge in [-0.25, -0.2) is 0 Å². The Morgan fingerprint density at radius 3 is 1.19 bits per heavy atom. The van der Waals surface area contributed by atoms with Crippen LogP contribution >= 0.6 is 0 Å². The summed E-state index contributed by atoms with van der Waals surface area (Å²) in [7, 11) is 0. The van der Waals surface area contributed by atoms with Crippen molar-refractivity contribution in [1.82, 2.24) is 0 Å². The minimum Gasteiger partial charge on any atom is -0.0594 e. The summed E-state index contributed by atoms with van der Waals surface area (Å²) in [6.45, 7) is 5.41. The molecule has 27 heavy (non-hydrogen) atoms. The Morgan fingerprint density at radius 1 is 0.407 bits per heavy atom. The van der Waals surface area contributed by atoms with E-state index in [0.717, 1.165) is 35.5 Å². The summed E-state index contributed by atoms with van der Waals surface area (Å²) < 4.78 is 0. The van der Waals surface area contributed by atoms with Crippen molar-refractivity contribution >= 4 is 0 Å². The summed E-state index contributed by atoms with van der Waals surface area (Å²) in [5.41, 5.74) is 0.598. The van der Waals surface area contributed by atoms with Gasteiger partial charge in [0, 0.05) is 0 Å². The fourth-order valence-electron chi connectivity index (χ4n) is 8.21. The third-order valence-electron chi connectivity index (χ3n) is 10.2. The molecule has 4 atom stereocenters. The summed E-state index contributed by atoms with van der Waals surface area (Å²) in [5.74, 6) is 6.40. The van der Waals surface area contributed by atoms with E-state index < -0.39 is 0 Å². The molecular formula is C27H48. The van der Waals surface area contributed by atoms with Gasteiger partial charge in [0.15, 0.2) is 0 Å². The molecule has 4 saturated carbocycles. The molecular weight excluding hydrogens is 324 g/mol. The molecule has 0 saturated heterocycles. The molecule has 0 aromatic rings. The molecule has 0 aromatic heterocycles. The predicted octanol–water partition coefficient (Wildman–Crippen LogP) is 8.79. The first kappa shape index (κ1) is 20.3. The van der Waals surface area contributed by atoms with Crippen molar-refractivity contribution in [1.29, 1.82) is 0 Å². The van der Waals surface area contributed by atoms with Crippen LogP contribution in [0.2, 0.25) is 0 Å². The van der Waals surface area contributed by atoms with Crippen LogP contribution in [0.15, 0.2) is 0 Å². The van der Waals surface area contributed by atoms with Gasteiger partial charge in [0.2, 0.25) is 0 Å². The minimum absolute atomic E-state index is 0.598. The van der Waals surface area contributed by atoms with E-state index in [1.165, 1.54) is 51.4 Å². The van der Waals surface area contributed by atoms with Gasteiger partial charge in [-0.1, -0.05) is 104 Å². The highest BCUT2D eigenvalue weighted by molar-refractivity contribution is 4.93. The second kappa shape index (κ2) is 9.21. The molecule has 0 heterocycles. The van der Waals surface area contributed by atoms with Gasteiger partial charge >= 0.3 is 0 Å². The van der Waals surface area contributed by atoms with Crippen LogP contribution in [0, 0.1) is 40.9 Å². The van der Waals surface area contributed by atoms with Crippen LogP contribution in [0.25, 0.3) is 0 Å². The normalized spacial score (nSPS) is 38.0. The zero-order valence-electron chi connectivity index (χ0n) is 18.7. The second-order valence-corrected chi connectivity index (χ2v) is 11.9. The van der Waals surface area contributed by atoms with Crippen molar-refractivity contribution in [2.75, 3.05) is 0 Å². The van der Waals surface area contributed by atoms with Crippen LogP contribution in [-0.2, 0) is 0 Å². The average molecular weight is 373 g/mol. The zero-order valence-corrected chi connectivity index (χ0v) is 18.7. The van der Waals surface area contributed by atoms with Gasteiger partial charge in [0.25, 0.3) is 0 Å². The third kappa shape index (κ3) is 4.78. The Labute approximate surface area is 170 Å². The summed E-state index contributed by atoms with van der Waals surface area (Å²) in [6, 6.07) is 0. The second-order valence-electron chi connectivity index (χ2n) is 11.9. The lowest BCUT2D eigenvalue weighted by Gasteiger charge is -2.49. The highest BCUT2D eigenvalue weighted by Crippen LogP contribution is 2.53. The lowest BCUT2D eigenvalue weighted by atomic mass is 9.56. The average Bonchev–Trinajstić information content (AvgIpc) is 2.75. The van der Waals surface area contributed by atoms with Gasteiger partial charge in [0.1, 0.15) is 0 Å². The molecule has 0 aliphatic heterocycles. The van der Waals surface area contributed by atoms with Crippen LogP contribution in [0.1, 0.15) is 129 Å². The summed E-state index contributed by atoms with van der Waals surface area (Å²) in [5, 5.41) is 0. The Hall–Kier alpha value is 0. The molecule has 4 fully saturated rings. The molecule has 4 aliphatic rings. The molecule has 156 valence electrons. The van der Waals surface area contributed by atoms with Crippen molar-refractivity contribution in [3.8, 4) is 0 Å². The maximum atomic E-state index is 2.70. The number of rotatable bonds is 4. The summed E-state index contributed by atoms with van der Waals surface area (Å²) >= 11 is 0. The zero-order chi connectivity index (χ0) is 18.7. The van der Waals surface area contributed by atoms with Gasteiger partial charge in [0.05, 0.1) is 0 Å². The predicted molar refractivity (Wildman–Crippen MR) is 118 cm³/mol. The molecule has 0 aromatic carbocycles. The quantitative estimate of drug-likeness (QED) is 0.462. The molecule has 0 heteroatoms. The highest BCUT2D eigenvalue weighted by atomic mass is 14.5. The molecule has 4 rings (SSSR count). The highest BCUT2D eigenvalue weighted by Gasteiger charge is 2.43. The number of hydrogen-bond acceptors (Lipinski definition) is 0. The molecule has 0 bridgehead atoms. The molecule has 0 radical (unpaired) electrons. The Morgan fingerprint density at radius 2 is 0.778 bits per heavy atom. The summed E-state index contributed by atoms with van der Waals surface area (Å²) in [6.07, 6.45) is 27.8. The molecule has 0 N–H and O–H groups in total. The van der Waals surface area contributed by atoms with E-state index in [1.54, 1.807) is 64.2 Å². The van der Waals surface area contributed by atoms with E-state index in [2.05, 4.69) is 13.8 Å². The van der Waals surface area contributed by atoms with E-state index in [-0.39, 0.29) is 0 Å². The van der Waals surface area contributed by atoms with Gasteiger partial charge in [-0.3, -0.25) is 0 Å². The maximum absolute atomic E-state index is 2.70. The van der Waals surface area contributed by atoms with E-state index in [0.29, 0.717) is 5.41 Å². The van der Waals surface area contributed by atoms with E-state index in [4.69, 9.17) is 0 Å². The fraction of sp³-hybridized carbons (Fsp3) is 1.00. The number of hydrogen-bond donors (Lipinski definition) is 0. The fourth-order valence-corrected chi connectivity index (χ4v) is 8.21. The van der Waals surface area contributed by atoms with Crippen molar-refractivity contribution in [2.45, 2.75) is 129 Å². The molecule has 0 nitrogen and oxygen atoms in total. The van der Waals surface area contributed by atoms with E-state index in [1.807, 2.05) is 0 Å². The van der Waals surface area contributed by atoms with Crippen LogP contribution in [0.5, 0.6) is 0 Å². The van der Waals surface area contributed by atoms with Crippen molar-refractivity contribution in [3.63, 3.8) is 0 Å². The van der Waals surface area contributed by atoms with Gasteiger partial charge in [-0.05, 0) is 66.6 Å². The first-order valence-electron chi connectivity index (χ1n) is 13.1. The van der Waals surface area contributed by atoms with Crippen LogP contribution in [0.3, 0.4) is 0 Å². The van der Waals surface area contributed by atoms with Crippen LogP contribution in [0.4, 0.5) is 0 Å². The Bertz CT molecular complexity index is 397. The van der Waals surface area contributed by atoms with Crippen LogP contribution < -0.4 is 0 Å². The minimum atomic E-state index is 0.598. The van der Waals surface area contributed by atoms with Crippen molar-refractivity contribution < 1.29 is 0 Å². The standard InChI is InChI=1S/C27H48/c1-27(2,25-17-9-15-23(19-25)21-11-5-3-6-12-21)26-18-10-16-24(20-26)22-13-7-4-8-14-22/h21-26H,3-20H2,1-2H3. The molecule has 0 spiro atoms. The van der Waals surface area contributed by atoms with Crippen molar-refractivity contribution in [3.05, 3.63) is 0 Å². The lowest BCUT2D eigenvalue weighted by Crippen LogP contribution is -2.40. The molecule has 4 unspecified atom stereocenters. The summed E-state index contributed by atoms with van der Waals surface area (Å²) in [4.78, 5) is 0. The SMILES string of the molecule is CC(C)(C1CCCC(C2CCCCC2)C1)C1CCCC(C2CCCCC2)C1. The van der Waals surface area contributed by atoms with Gasteiger partial charge in [-0.2, -0.15) is 0 Å². The Balaban J connectivity index is 1.37. The first-order chi connectivity index (χ1) is 13.1. The topological polar surface area (TPSA) is 0 Å². The maximum Gasteiger partial charge on any atom is -0.0297 e. The molecule has 0 amide bonds. The lowest BCUT2D eigenvalue weighted by molar-refractivity contribution is 0.00678. The first-order valence-corrected chi connectivity index (χ1v) is 13.1. The largest absolute Gasteiger partial charge is 0.0594 e. The monoisotopic (exact) mass is 372 g/mol. The smallest absolute Gasteiger partial charge is 0.0297 e. The Kier molecular flexibility index (Phi) is 6.92. The van der Waals surface area contributed by atoms with Gasteiger partial charge < -0.3 is 0 Å². The molecule has 4 aliphatic carbocycles. The van der Waals surface area contributed by atoms with E-state index >= 15 is 0 Å².